The van der Waals surface area contributed by atoms with Crippen molar-refractivity contribution in [3.63, 3.8) is 0 Å². The Labute approximate surface area is 112 Å². The maximum absolute atomic E-state index is 11.6. The van der Waals surface area contributed by atoms with E-state index < -0.39 is 18.0 Å². The molecule has 0 saturated heterocycles. The monoisotopic (exact) mass is 266 g/mol. The molecule has 6 heteroatoms. The Kier molecular flexibility index (Phi) is 5.66. The van der Waals surface area contributed by atoms with Crippen molar-refractivity contribution in [1.82, 2.24) is 5.32 Å². The zero-order valence-corrected chi connectivity index (χ0v) is 11.2. The predicted molar refractivity (Wildman–Crippen MR) is 71.2 cm³/mol. The minimum Gasteiger partial charge on any atom is -0.494 e. The molecule has 0 heterocycles. The highest BCUT2D eigenvalue weighted by atomic mass is 16.5. The van der Waals surface area contributed by atoms with Crippen LogP contribution in [0.2, 0.25) is 0 Å². The molecule has 0 spiro atoms. The number of methoxy groups -OCH3 is 1. The fraction of sp³-hybridized carbons (Fsp3) is 0.385. The van der Waals surface area contributed by atoms with Gasteiger partial charge in [-0.25, -0.2) is 9.59 Å². The number of nitrogens with one attached hydrogen (secondary N) is 2. The second kappa shape index (κ2) is 7.25. The standard InChI is InChI=1S/C13H18N2O4/c1-4-19-11-7-5-10(6-8-11)15-13(17)14-9(2)12(16)18-3/h5-9H,4H2,1-3H3,(H2,14,15,17). The second-order valence-electron chi connectivity index (χ2n) is 3.80. The molecule has 19 heavy (non-hydrogen) atoms. The largest absolute Gasteiger partial charge is 0.494 e. The number of carbonyl (C=O) groups excluding carboxylic acids is 2. The predicted octanol–water partition coefficient (Wildman–Crippen LogP) is 1.77. The van der Waals surface area contributed by atoms with E-state index in [0.717, 1.165) is 5.75 Å². The van der Waals surface area contributed by atoms with Crippen LogP contribution in [0.1, 0.15) is 13.8 Å². The van der Waals surface area contributed by atoms with Crippen molar-refractivity contribution >= 4 is 17.7 Å². The van der Waals surface area contributed by atoms with Crippen molar-refractivity contribution < 1.29 is 19.1 Å². The van der Waals surface area contributed by atoms with Gasteiger partial charge in [0.15, 0.2) is 0 Å². The molecule has 0 aliphatic heterocycles. The summed E-state index contributed by atoms with van der Waals surface area (Å²) in [6, 6.07) is 5.77. The third kappa shape index (κ3) is 4.87. The number of hydrogen-bond donors (Lipinski definition) is 2. The van der Waals surface area contributed by atoms with Crippen molar-refractivity contribution in [2.45, 2.75) is 19.9 Å². The van der Waals surface area contributed by atoms with Gasteiger partial charge in [0, 0.05) is 5.69 Å². The molecule has 0 aliphatic carbocycles. The van der Waals surface area contributed by atoms with E-state index in [1.165, 1.54) is 7.11 Å². The summed E-state index contributed by atoms with van der Waals surface area (Å²) < 4.78 is 9.79. The summed E-state index contributed by atoms with van der Waals surface area (Å²) in [4.78, 5) is 22.7. The maximum atomic E-state index is 11.6. The Morgan fingerprint density at radius 1 is 1.26 bits per heavy atom. The molecule has 1 unspecified atom stereocenters. The Hall–Kier alpha value is -2.24. The minimum absolute atomic E-state index is 0.470. The molecule has 0 fully saturated rings. The second-order valence-corrected chi connectivity index (χ2v) is 3.80. The molecule has 0 bridgehead atoms. The van der Waals surface area contributed by atoms with Gasteiger partial charge in [-0.3, -0.25) is 0 Å². The molecule has 1 aromatic carbocycles. The number of anilines is 1. The quantitative estimate of drug-likeness (QED) is 0.796. The van der Waals surface area contributed by atoms with E-state index in [4.69, 9.17) is 4.74 Å². The molecule has 0 saturated carbocycles. The summed E-state index contributed by atoms with van der Waals surface area (Å²) in [6.07, 6.45) is 0. The molecule has 1 rings (SSSR count). The zero-order chi connectivity index (χ0) is 14.3. The minimum atomic E-state index is -0.701. The lowest BCUT2D eigenvalue weighted by Gasteiger charge is -2.12. The lowest BCUT2D eigenvalue weighted by molar-refractivity contribution is -0.142. The van der Waals surface area contributed by atoms with E-state index in [1.54, 1.807) is 31.2 Å². The number of rotatable bonds is 5. The smallest absolute Gasteiger partial charge is 0.328 e. The van der Waals surface area contributed by atoms with E-state index >= 15 is 0 Å². The Balaban J connectivity index is 2.50. The van der Waals surface area contributed by atoms with E-state index in [-0.39, 0.29) is 0 Å². The van der Waals surface area contributed by atoms with Crippen LogP contribution in [0.25, 0.3) is 0 Å². The van der Waals surface area contributed by atoms with Gasteiger partial charge < -0.3 is 20.1 Å². The van der Waals surface area contributed by atoms with E-state index in [9.17, 15) is 9.59 Å². The normalized spacial score (nSPS) is 11.3. The van der Waals surface area contributed by atoms with Crippen LogP contribution in [-0.2, 0) is 9.53 Å². The molecule has 2 amide bonds. The Bertz CT molecular complexity index is 431. The van der Waals surface area contributed by atoms with Crippen LogP contribution >= 0.6 is 0 Å². The van der Waals surface area contributed by atoms with Crippen LogP contribution in [0.4, 0.5) is 10.5 Å². The molecule has 104 valence electrons. The van der Waals surface area contributed by atoms with Crippen molar-refractivity contribution in [1.29, 1.82) is 0 Å². The highest BCUT2D eigenvalue weighted by Gasteiger charge is 2.15. The topological polar surface area (TPSA) is 76.7 Å². The van der Waals surface area contributed by atoms with Crippen LogP contribution in [0, 0.1) is 0 Å². The van der Waals surface area contributed by atoms with E-state index in [2.05, 4.69) is 15.4 Å². The first-order valence-electron chi connectivity index (χ1n) is 5.95. The SMILES string of the molecule is CCOc1ccc(NC(=O)NC(C)C(=O)OC)cc1. The first-order chi connectivity index (χ1) is 9.06. The van der Waals surface area contributed by atoms with Crippen LogP contribution in [0.5, 0.6) is 5.75 Å². The Morgan fingerprint density at radius 3 is 2.42 bits per heavy atom. The molecule has 0 radical (unpaired) electrons. The highest BCUT2D eigenvalue weighted by molar-refractivity contribution is 5.92. The molecule has 6 nitrogen and oxygen atoms in total. The van der Waals surface area contributed by atoms with Crippen LogP contribution in [-0.4, -0.2) is 31.8 Å². The third-order valence-electron chi connectivity index (χ3n) is 2.33. The van der Waals surface area contributed by atoms with Crippen LogP contribution in [0.15, 0.2) is 24.3 Å². The average molecular weight is 266 g/mol. The molecule has 2 N–H and O–H groups in total. The number of urea groups is 1. The number of benzene rings is 1. The Morgan fingerprint density at radius 2 is 1.89 bits per heavy atom. The maximum Gasteiger partial charge on any atom is 0.328 e. The lowest BCUT2D eigenvalue weighted by Crippen LogP contribution is -2.41. The van der Waals surface area contributed by atoms with Crippen molar-refractivity contribution in [3.8, 4) is 5.75 Å². The summed E-state index contributed by atoms with van der Waals surface area (Å²) >= 11 is 0. The zero-order valence-electron chi connectivity index (χ0n) is 11.2. The first kappa shape index (κ1) is 14.8. The van der Waals surface area contributed by atoms with Gasteiger partial charge in [-0.1, -0.05) is 0 Å². The molecule has 0 aromatic heterocycles. The van der Waals surface area contributed by atoms with Gasteiger partial charge in [-0.2, -0.15) is 0 Å². The summed E-state index contributed by atoms with van der Waals surface area (Å²) in [5, 5.41) is 5.07. The summed E-state index contributed by atoms with van der Waals surface area (Å²) in [7, 11) is 1.27. The van der Waals surface area contributed by atoms with Crippen LogP contribution < -0.4 is 15.4 Å². The number of ether oxygens (including phenoxy) is 2. The number of hydrogen-bond acceptors (Lipinski definition) is 4. The molecular weight excluding hydrogens is 248 g/mol. The number of amides is 2. The first-order valence-corrected chi connectivity index (χ1v) is 5.95. The molecular formula is C13H18N2O4. The van der Waals surface area contributed by atoms with Gasteiger partial charge in [0.05, 0.1) is 13.7 Å². The molecule has 1 atom stereocenters. The van der Waals surface area contributed by atoms with Crippen molar-refractivity contribution in [3.05, 3.63) is 24.3 Å². The van der Waals surface area contributed by atoms with Crippen LogP contribution in [0.3, 0.4) is 0 Å². The lowest BCUT2D eigenvalue weighted by atomic mass is 10.3. The molecule has 1 aromatic rings. The van der Waals surface area contributed by atoms with E-state index in [0.29, 0.717) is 12.3 Å². The highest BCUT2D eigenvalue weighted by Crippen LogP contribution is 2.15. The summed E-state index contributed by atoms with van der Waals surface area (Å²) in [6.45, 7) is 4.03. The van der Waals surface area contributed by atoms with Gasteiger partial charge in [-0.15, -0.1) is 0 Å². The van der Waals surface area contributed by atoms with Crippen molar-refractivity contribution in [2.24, 2.45) is 0 Å². The van der Waals surface area contributed by atoms with E-state index in [1.807, 2.05) is 6.92 Å². The fourth-order valence-electron chi connectivity index (χ4n) is 1.40. The van der Waals surface area contributed by atoms with Gasteiger partial charge in [-0.05, 0) is 38.1 Å². The summed E-state index contributed by atoms with van der Waals surface area (Å²) in [5.41, 5.74) is 0.609. The number of esters is 1. The summed E-state index contributed by atoms with van der Waals surface area (Å²) in [5.74, 6) is 0.234. The fourth-order valence-corrected chi connectivity index (χ4v) is 1.40. The van der Waals surface area contributed by atoms with Gasteiger partial charge in [0.25, 0.3) is 0 Å². The third-order valence-corrected chi connectivity index (χ3v) is 2.33. The van der Waals surface area contributed by atoms with Gasteiger partial charge in [0.1, 0.15) is 11.8 Å². The number of carbonyl (C=O) groups is 2. The molecule has 0 aliphatic rings. The van der Waals surface area contributed by atoms with Crippen molar-refractivity contribution in [2.75, 3.05) is 19.0 Å². The van der Waals surface area contributed by atoms with Gasteiger partial charge >= 0.3 is 12.0 Å². The average Bonchev–Trinajstić information content (AvgIpc) is 2.40. The van der Waals surface area contributed by atoms with Gasteiger partial charge in [0.2, 0.25) is 0 Å².